The van der Waals surface area contributed by atoms with Crippen molar-refractivity contribution in [3.05, 3.63) is 133 Å². The molecule has 0 saturated heterocycles. The van der Waals surface area contributed by atoms with Crippen molar-refractivity contribution in [2.24, 2.45) is 0 Å². The van der Waals surface area contributed by atoms with E-state index in [2.05, 4.69) is 132 Å². The molecule has 3 heterocycles. The summed E-state index contributed by atoms with van der Waals surface area (Å²) in [6, 6.07) is 41.1. The van der Waals surface area contributed by atoms with Crippen molar-refractivity contribution >= 4 is 43.6 Å². The minimum Gasteiger partial charge on any atom is -0.309 e. The summed E-state index contributed by atoms with van der Waals surface area (Å²) >= 11 is 0. The van der Waals surface area contributed by atoms with Crippen molar-refractivity contribution in [3.8, 4) is 22.9 Å². The molecular formula is C36H26N4. The third kappa shape index (κ3) is 3.39. The maximum Gasteiger partial charge on any atom is 0.235 e. The summed E-state index contributed by atoms with van der Waals surface area (Å²) in [5.74, 6) is 0.674. The van der Waals surface area contributed by atoms with Gasteiger partial charge in [0.2, 0.25) is 5.95 Å². The Morgan fingerprint density at radius 3 is 1.70 bits per heavy atom. The second kappa shape index (κ2) is 8.65. The fraction of sp³-hybridized carbons (Fsp3) is 0.0556. The highest BCUT2D eigenvalue weighted by molar-refractivity contribution is 6.12. The Bertz CT molecular complexity index is 2180. The Morgan fingerprint density at radius 2 is 1.05 bits per heavy atom. The lowest BCUT2D eigenvalue weighted by atomic mass is 10.1. The van der Waals surface area contributed by atoms with Crippen molar-refractivity contribution in [2.45, 2.75) is 13.8 Å². The van der Waals surface area contributed by atoms with Gasteiger partial charge >= 0.3 is 0 Å². The lowest BCUT2D eigenvalue weighted by molar-refractivity contribution is 0.991. The van der Waals surface area contributed by atoms with Crippen LogP contribution in [-0.4, -0.2) is 19.1 Å². The van der Waals surface area contributed by atoms with Gasteiger partial charge in [-0.2, -0.15) is 0 Å². The molecule has 0 atom stereocenters. The summed E-state index contributed by atoms with van der Waals surface area (Å²) in [6.07, 6.45) is 1.86. The molecule has 0 unspecified atom stereocenters. The third-order valence-electron chi connectivity index (χ3n) is 7.85. The minimum absolute atomic E-state index is 0.674. The van der Waals surface area contributed by atoms with Crippen LogP contribution in [0.2, 0.25) is 0 Å². The molecule has 0 aliphatic rings. The van der Waals surface area contributed by atoms with Crippen molar-refractivity contribution < 1.29 is 0 Å². The Hall–Kier alpha value is -5.22. The Balaban J connectivity index is 1.38. The number of aromatic nitrogens is 4. The summed E-state index contributed by atoms with van der Waals surface area (Å²) < 4.78 is 4.56. The van der Waals surface area contributed by atoms with E-state index in [-0.39, 0.29) is 0 Å². The van der Waals surface area contributed by atoms with Gasteiger partial charge in [0.05, 0.1) is 27.8 Å². The Morgan fingerprint density at radius 1 is 0.500 bits per heavy atom. The second-order valence-electron chi connectivity index (χ2n) is 10.5. The van der Waals surface area contributed by atoms with E-state index in [0.717, 1.165) is 28.0 Å². The molecule has 0 bridgehead atoms. The lowest BCUT2D eigenvalue weighted by Crippen LogP contribution is -2.02. The first-order valence-electron chi connectivity index (χ1n) is 13.6. The first-order chi connectivity index (χ1) is 19.7. The molecule has 3 aromatic heterocycles. The predicted octanol–water partition coefficient (Wildman–Crippen LogP) is 8.95. The largest absolute Gasteiger partial charge is 0.309 e. The molecule has 0 fully saturated rings. The second-order valence-corrected chi connectivity index (χ2v) is 10.5. The van der Waals surface area contributed by atoms with Gasteiger partial charge in [0.25, 0.3) is 0 Å². The van der Waals surface area contributed by atoms with Crippen molar-refractivity contribution in [3.63, 3.8) is 0 Å². The van der Waals surface area contributed by atoms with Crippen LogP contribution >= 0.6 is 0 Å². The zero-order chi connectivity index (χ0) is 26.8. The number of para-hydroxylation sites is 3. The summed E-state index contributed by atoms with van der Waals surface area (Å²) in [6.45, 7) is 4.25. The van der Waals surface area contributed by atoms with Gasteiger partial charge in [-0.15, -0.1) is 0 Å². The number of hydrogen-bond donors (Lipinski definition) is 0. The number of aryl methyl sites for hydroxylation is 2. The molecule has 4 heteroatoms. The number of nitrogens with zero attached hydrogens (tertiary/aromatic N) is 4. The number of benzene rings is 5. The van der Waals surface area contributed by atoms with Crippen LogP contribution in [0.1, 0.15) is 11.1 Å². The normalized spacial score (nSPS) is 11.8. The van der Waals surface area contributed by atoms with E-state index in [1.165, 1.54) is 43.7 Å². The monoisotopic (exact) mass is 514 g/mol. The van der Waals surface area contributed by atoms with E-state index in [4.69, 9.17) is 9.97 Å². The molecule has 0 saturated carbocycles. The molecular weight excluding hydrogens is 488 g/mol. The van der Waals surface area contributed by atoms with Crippen LogP contribution in [0.3, 0.4) is 0 Å². The van der Waals surface area contributed by atoms with Gasteiger partial charge in [0.1, 0.15) is 0 Å². The zero-order valence-electron chi connectivity index (χ0n) is 22.3. The summed E-state index contributed by atoms with van der Waals surface area (Å²) in [5.41, 5.74) is 10.2. The number of hydrogen-bond acceptors (Lipinski definition) is 2. The van der Waals surface area contributed by atoms with E-state index < -0.39 is 0 Å². The van der Waals surface area contributed by atoms with Crippen LogP contribution in [0.25, 0.3) is 66.5 Å². The molecule has 40 heavy (non-hydrogen) atoms. The van der Waals surface area contributed by atoms with Crippen molar-refractivity contribution in [2.75, 3.05) is 0 Å². The molecule has 8 rings (SSSR count). The fourth-order valence-corrected chi connectivity index (χ4v) is 6.26. The van der Waals surface area contributed by atoms with Crippen molar-refractivity contribution in [1.82, 2.24) is 19.1 Å². The first-order valence-corrected chi connectivity index (χ1v) is 13.6. The average Bonchev–Trinajstić information content (AvgIpc) is 3.49. The van der Waals surface area contributed by atoms with Crippen LogP contribution in [0.5, 0.6) is 0 Å². The SMILES string of the molecule is Cc1cc(C)cc(-c2ccnc(-n3c4ccccc4c4cc(-n5c6ccccc6c6ccccc65)ccc43)n2)c1. The highest BCUT2D eigenvalue weighted by Gasteiger charge is 2.17. The molecule has 0 N–H and O–H groups in total. The molecule has 0 aliphatic heterocycles. The lowest BCUT2D eigenvalue weighted by Gasteiger charge is -2.10. The standard InChI is InChI=1S/C36H26N4/c1-23-19-24(2)21-25(20-23)31-17-18-37-36(38-31)40-34-14-8-5-11-29(34)30-22-26(15-16-35(30)40)39-32-12-6-3-9-27(32)28-10-4-7-13-33(28)39/h3-22H,1-2H3. The maximum absolute atomic E-state index is 5.07. The zero-order valence-corrected chi connectivity index (χ0v) is 22.3. The van der Waals surface area contributed by atoms with Gasteiger partial charge in [0, 0.05) is 39.0 Å². The van der Waals surface area contributed by atoms with E-state index >= 15 is 0 Å². The van der Waals surface area contributed by atoms with E-state index in [1.54, 1.807) is 0 Å². The van der Waals surface area contributed by atoms with Gasteiger partial charge < -0.3 is 4.57 Å². The Kier molecular flexibility index (Phi) is 4.92. The highest BCUT2D eigenvalue weighted by atomic mass is 15.2. The number of fused-ring (bicyclic) bond motifs is 6. The molecule has 0 amide bonds. The third-order valence-corrected chi connectivity index (χ3v) is 7.85. The Labute approximate surface area is 231 Å². The van der Waals surface area contributed by atoms with Gasteiger partial charge in [0.15, 0.2) is 0 Å². The molecule has 0 spiro atoms. The van der Waals surface area contributed by atoms with Gasteiger partial charge in [-0.3, -0.25) is 4.57 Å². The minimum atomic E-state index is 0.674. The molecule has 190 valence electrons. The first kappa shape index (κ1) is 22.7. The van der Waals surface area contributed by atoms with Crippen molar-refractivity contribution in [1.29, 1.82) is 0 Å². The van der Waals surface area contributed by atoms with E-state index in [0.29, 0.717) is 5.95 Å². The smallest absolute Gasteiger partial charge is 0.235 e. The molecule has 5 aromatic carbocycles. The predicted molar refractivity (Wildman–Crippen MR) is 166 cm³/mol. The fourth-order valence-electron chi connectivity index (χ4n) is 6.26. The van der Waals surface area contributed by atoms with Crippen LogP contribution < -0.4 is 0 Å². The van der Waals surface area contributed by atoms with Gasteiger partial charge in [-0.05, 0) is 68.4 Å². The van der Waals surface area contributed by atoms with Gasteiger partial charge in [-0.25, -0.2) is 9.97 Å². The molecule has 0 radical (unpaired) electrons. The molecule has 4 nitrogen and oxygen atoms in total. The van der Waals surface area contributed by atoms with E-state index in [9.17, 15) is 0 Å². The quantitative estimate of drug-likeness (QED) is 0.236. The van der Waals surface area contributed by atoms with Crippen LogP contribution in [-0.2, 0) is 0 Å². The van der Waals surface area contributed by atoms with Crippen LogP contribution in [0.4, 0.5) is 0 Å². The summed E-state index contributed by atoms with van der Waals surface area (Å²) in [4.78, 5) is 9.82. The van der Waals surface area contributed by atoms with Crippen LogP contribution in [0.15, 0.2) is 121 Å². The summed E-state index contributed by atoms with van der Waals surface area (Å²) in [5, 5.41) is 4.88. The van der Waals surface area contributed by atoms with Gasteiger partial charge in [-0.1, -0.05) is 71.8 Å². The average molecular weight is 515 g/mol. The van der Waals surface area contributed by atoms with E-state index in [1.807, 2.05) is 12.3 Å². The summed E-state index contributed by atoms with van der Waals surface area (Å²) in [7, 11) is 0. The molecule has 8 aromatic rings. The number of rotatable bonds is 3. The maximum atomic E-state index is 5.07. The highest BCUT2D eigenvalue weighted by Crippen LogP contribution is 2.36. The topological polar surface area (TPSA) is 35.6 Å². The van der Waals surface area contributed by atoms with Crippen LogP contribution in [0, 0.1) is 13.8 Å². The molecule has 0 aliphatic carbocycles.